The number of furan rings is 1. The van der Waals surface area contributed by atoms with Gasteiger partial charge in [0.25, 0.3) is 0 Å². The first-order chi connectivity index (χ1) is 13.9. The van der Waals surface area contributed by atoms with E-state index >= 15 is 0 Å². The highest BCUT2D eigenvalue weighted by molar-refractivity contribution is 7.91. The molecule has 4 rings (SSSR count). The van der Waals surface area contributed by atoms with Gasteiger partial charge in [0.05, 0.1) is 24.3 Å². The summed E-state index contributed by atoms with van der Waals surface area (Å²) >= 11 is 1.55. The van der Waals surface area contributed by atoms with Crippen LogP contribution in [-0.2, 0) is 22.9 Å². The van der Waals surface area contributed by atoms with Gasteiger partial charge in [-0.2, -0.15) is 0 Å². The molecule has 0 radical (unpaired) electrons. The number of benzene rings is 1. The van der Waals surface area contributed by atoms with Crippen LogP contribution in [0.15, 0.2) is 46.2 Å². The molecule has 8 heteroatoms. The monoisotopic (exact) mass is 432 g/mol. The molecule has 0 spiro atoms. The molecule has 1 atom stereocenters. The Morgan fingerprint density at radius 3 is 2.62 bits per heavy atom. The van der Waals surface area contributed by atoms with E-state index in [4.69, 9.17) is 14.1 Å². The smallest absolute Gasteiger partial charge is 0.162 e. The maximum absolute atomic E-state index is 12.1. The Labute approximate surface area is 175 Å². The summed E-state index contributed by atoms with van der Waals surface area (Å²) in [6.45, 7) is 3.18. The molecular weight excluding hydrogens is 408 g/mol. The van der Waals surface area contributed by atoms with Gasteiger partial charge in [-0.1, -0.05) is 12.1 Å². The van der Waals surface area contributed by atoms with Gasteiger partial charge in [-0.25, -0.2) is 13.4 Å². The minimum atomic E-state index is -2.97. The zero-order valence-corrected chi connectivity index (χ0v) is 18.1. The van der Waals surface area contributed by atoms with Crippen LogP contribution in [-0.4, -0.2) is 43.0 Å². The van der Waals surface area contributed by atoms with E-state index in [1.54, 1.807) is 18.4 Å². The summed E-state index contributed by atoms with van der Waals surface area (Å²) in [5.41, 5.74) is 2.05. The number of rotatable bonds is 7. The summed E-state index contributed by atoms with van der Waals surface area (Å²) in [7, 11) is -1.32. The van der Waals surface area contributed by atoms with Crippen molar-refractivity contribution < 1.29 is 17.6 Å². The number of hydrogen-bond donors (Lipinski definition) is 0. The summed E-state index contributed by atoms with van der Waals surface area (Å²) in [5, 5.41) is 2.87. The van der Waals surface area contributed by atoms with E-state index in [2.05, 4.69) is 4.90 Å². The lowest BCUT2D eigenvalue weighted by Gasteiger charge is -2.27. The quantitative estimate of drug-likeness (QED) is 0.564. The van der Waals surface area contributed by atoms with E-state index in [1.165, 1.54) is 0 Å². The number of nitrogens with zero attached hydrogens (tertiary/aromatic N) is 2. The highest BCUT2D eigenvalue weighted by Gasteiger charge is 2.32. The molecule has 0 saturated carbocycles. The molecule has 29 heavy (non-hydrogen) atoms. The van der Waals surface area contributed by atoms with Crippen molar-refractivity contribution >= 4 is 21.2 Å². The van der Waals surface area contributed by atoms with Gasteiger partial charge in [-0.05, 0) is 43.2 Å². The van der Waals surface area contributed by atoms with Crippen LogP contribution in [0.2, 0.25) is 0 Å². The second kappa shape index (κ2) is 8.30. The molecule has 2 aromatic heterocycles. The number of thiazole rings is 1. The minimum Gasteiger partial charge on any atom is -0.497 e. The van der Waals surface area contributed by atoms with Gasteiger partial charge >= 0.3 is 0 Å². The van der Waals surface area contributed by atoms with Crippen LogP contribution in [0.1, 0.15) is 23.4 Å². The summed E-state index contributed by atoms with van der Waals surface area (Å²) in [4.78, 5) is 6.94. The predicted octanol–water partition coefficient (Wildman–Crippen LogP) is 3.91. The van der Waals surface area contributed by atoms with Crippen LogP contribution >= 0.6 is 11.3 Å². The molecule has 1 aliphatic heterocycles. The van der Waals surface area contributed by atoms with Crippen LogP contribution in [0.25, 0.3) is 10.8 Å². The molecule has 1 aliphatic rings. The van der Waals surface area contributed by atoms with E-state index in [9.17, 15) is 8.42 Å². The fourth-order valence-corrected chi connectivity index (χ4v) is 6.13. The first-order valence-corrected chi connectivity index (χ1v) is 12.2. The van der Waals surface area contributed by atoms with E-state index in [0.717, 1.165) is 33.5 Å². The summed E-state index contributed by atoms with van der Waals surface area (Å²) in [5.74, 6) is 2.89. The number of methoxy groups -OCH3 is 1. The van der Waals surface area contributed by atoms with Crippen LogP contribution < -0.4 is 4.74 Å². The van der Waals surface area contributed by atoms with Crippen molar-refractivity contribution in [1.29, 1.82) is 0 Å². The van der Waals surface area contributed by atoms with Gasteiger partial charge < -0.3 is 9.15 Å². The third kappa shape index (κ3) is 4.88. The molecule has 0 bridgehead atoms. The van der Waals surface area contributed by atoms with Crippen molar-refractivity contribution in [3.8, 4) is 16.5 Å². The summed E-state index contributed by atoms with van der Waals surface area (Å²) in [6.07, 6.45) is 0.660. The maximum atomic E-state index is 12.1. The highest BCUT2D eigenvalue weighted by Crippen LogP contribution is 2.28. The average Bonchev–Trinajstić information content (AvgIpc) is 3.42. The molecule has 3 heterocycles. The SMILES string of the molecule is COc1ccc(CN(Cc2csc(-c3ccc(C)o3)n2)C2CCS(=O)(=O)C2)cc1. The predicted molar refractivity (Wildman–Crippen MR) is 114 cm³/mol. The van der Waals surface area contributed by atoms with E-state index < -0.39 is 9.84 Å². The number of aromatic nitrogens is 1. The number of sulfone groups is 1. The van der Waals surface area contributed by atoms with Crippen molar-refractivity contribution in [2.45, 2.75) is 32.5 Å². The van der Waals surface area contributed by atoms with Crippen molar-refractivity contribution in [2.75, 3.05) is 18.6 Å². The van der Waals surface area contributed by atoms with Crippen molar-refractivity contribution in [2.24, 2.45) is 0 Å². The van der Waals surface area contributed by atoms with Gasteiger partial charge in [-0.15, -0.1) is 11.3 Å². The Morgan fingerprint density at radius 2 is 2.00 bits per heavy atom. The first kappa shape index (κ1) is 20.1. The third-order valence-corrected chi connectivity index (χ3v) is 7.79. The summed E-state index contributed by atoms with van der Waals surface area (Å²) in [6, 6.07) is 11.8. The fourth-order valence-electron chi connectivity index (χ4n) is 3.59. The largest absolute Gasteiger partial charge is 0.497 e. The van der Waals surface area contributed by atoms with Gasteiger partial charge in [0, 0.05) is 24.5 Å². The second-order valence-corrected chi connectivity index (χ2v) is 10.5. The lowest BCUT2D eigenvalue weighted by atomic mass is 10.1. The average molecular weight is 433 g/mol. The summed E-state index contributed by atoms with van der Waals surface area (Å²) < 4.78 is 35.0. The lowest BCUT2D eigenvalue weighted by molar-refractivity contribution is 0.192. The van der Waals surface area contributed by atoms with Gasteiger partial charge in [0.2, 0.25) is 0 Å². The Morgan fingerprint density at radius 1 is 1.21 bits per heavy atom. The molecule has 1 fully saturated rings. The highest BCUT2D eigenvalue weighted by atomic mass is 32.2. The second-order valence-electron chi connectivity index (χ2n) is 7.36. The fraction of sp³-hybridized carbons (Fsp3) is 0.381. The Balaban J connectivity index is 1.54. The standard InChI is InChI=1S/C21H24N2O4S2/c1-15-3-8-20(27-15)21-22-17(13-28-21)12-23(18-9-10-29(24,25)14-18)11-16-4-6-19(26-2)7-5-16/h3-8,13,18H,9-12,14H2,1-2H3. The lowest BCUT2D eigenvalue weighted by Crippen LogP contribution is -2.35. The minimum absolute atomic E-state index is 0.00175. The van der Waals surface area contributed by atoms with E-state index in [-0.39, 0.29) is 17.5 Å². The third-order valence-electron chi connectivity index (χ3n) is 5.14. The molecular formula is C21H24N2O4S2. The maximum Gasteiger partial charge on any atom is 0.162 e. The van der Waals surface area contributed by atoms with Crippen LogP contribution in [0.5, 0.6) is 5.75 Å². The molecule has 0 N–H and O–H groups in total. The van der Waals surface area contributed by atoms with E-state index in [0.29, 0.717) is 19.5 Å². The molecule has 154 valence electrons. The normalized spacial score (nSPS) is 18.4. The van der Waals surface area contributed by atoms with Crippen molar-refractivity contribution in [3.63, 3.8) is 0 Å². The molecule has 6 nitrogen and oxygen atoms in total. The molecule has 0 amide bonds. The Kier molecular flexibility index (Phi) is 5.76. The molecule has 1 aromatic carbocycles. The van der Waals surface area contributed by atoms with Gasteiger partial charge in [0.15, 0.2) is 20.6 Å². The van der Waals surface area contributed by atoms with Crippen LogP contribution in [0.4, 0.5) is 0 Å². The molecule has 1 unspecified atom stereocenters. The zero-order chi connectivity index (χ0) is 20.4. The Hall–Kier alpha value is -2.16. The molecule has 0 aliphatic carbocycles. The van der Waals surface area contributed by atoms with Crippen molar-refractivity contribution in [1.82, 2.24) is 9.88 Å². The number of ether oxygens (including phenoxy) is 1. The van der Waals surface area contributed by atoms with Crippen LogP contribution in [0, 0.1) is 6.92 Å². The first-order valence-electron chi connectivity index (χ1n) is 9.50. The van der Waals surface area contributed by atoms with Gasteiger partial charge in [-0.3, -0.25) is 4.90 Å². The molecule has 1 saturated heterocycles. The Bertz CT molecular complexity index is 1070. The van der Waals surface area contributed by atoms with Crippen LogP contribution in [0.3, 0.4) is 0 Å². The van der Waals surface area contributed by atoms with Crippen molar-refractivity contribution in [3.05, 3.63) is 58.8 Å². The topological polar surface area (TPSA) is 72.6 Å². The molecule has 3 aromatic rings. The van der Waals surface area contributed by atoms with Gasteiger partial charge in [0.1, 0.15) is 11.5 Å². The zero-order valence-electron chi connectivity index (χ0n) is 16.5. The number of aryl methyl sites for hydroxylation is 1. The van der Waals surface area contributed by atoms with E-state index in [1.807, 2.05) is 48.7 Å². The number of hydrogen-bond acceptors (Lipinski definition) is 7.